The molecule has 1 aromatic carbocycles. The highest BCUT2D eigenvalue weighted by Gasteiger charge is 2.17. The molecule has 1 N–H and O–H groups in total. The van der Waals surface area contributed by atoms with Gasteiger partial charge in [-0.3, -0.25) is 14.6 Å². The fraction of sp³-hybridized carbons (Fsp3) is 0.118. The minimum absolute atomic E-state index is 0.107. The van der Waals surface area contributed by atoms with Crippen LogP contribution in [0.2, 0.25) is 0 Å². The second kappa shape index (κ2) is 6.34. The molecule has 0 aliphatic carbocycles. The largest absolute Gasteiger partial charge is 0.337 e. The van der Waals surface area contributed by atoms with Crippen LogP contribution in [0.4, 0.5) is 0 Å². The Morgan fingerprint density at radius 1 is 1.30 bits per heavy atom. The summed E-state index contributed by atoms with van der Waals surface area (Å²) in [5, 5.41) is 1.02. The van der Waals surface area contributed by atoms with Crippen molar-refractivity contribution in [2.24, 2.45) is 0 Å². The van der Waals surface area contributed by atoms with Crippen LogP contribution in [0.15, 0.2) is 58.1 Å². The standard InChI is InChI=1S/C17H14BrN3O2/c1-21(17(23)14-8-13(18)9-20-16(14)22)10-12-5-2-4-11-6-3-7-19-15(11)12/h2-9H,10H2,1H3,(H,20,22). The molecule has 0 bridgehead atoms. The first-order valence-corrected chi connectivity index (χ1v) is 7.82. The van der Waals surface area contributed by atoms with Gasteiger partial charge in [0.05, 0.1) is 5.52 Å². The molecule has 0 radical (unpaired) electrons. The third kappa shape index (κ3) is 3.17. The van der Waals surface area contributed by atoms with Gasteiger partial charge in [0, 0.05) is 35.8 Å². The third-order valence-corrected chi connectivity index (χ3v) is 4.03. The highest BCUT2D eigenvalue weighted by atomic mass is 79.9. The van der Waals surface area contributed by atoms with Crippen LogP contribution >= 0.6 is 15.9 Å². The van der Waals surface area contributed by atoms with Crippen LogP contribution in [-0.4, -0.2) is 27.8 Å². The Bertz CT molecular complexity index is 931. The molecular weight excluding hydrogens is 358 g/mol. The maximum atomic E-state index is 12.5. The molecule has 2 aromatic heterocycles. The van der Waals surface area contributed by atoms with E-state index in [1.165, 1.54) is 17.2 Å². The van der Waals surface area contributed by atoms with E-state index in [-0.39, 0.29) is 11.5 Å². The number of para-hydroxylation sites is 1. The first-order valence-electron chi connectivity index (χ1n) is 7.02. The summed E-state index contributed by atoms with van der Waals surface area (Å²) < 4.78 is 0.653. The SMILES string of the molecule is CN(Cc1cccc2cccnc12)C(=O)c1cc(Br)c[nH]c1=O. The maximum absolute atomic E-state index is 12.5. The molecule has 5 nitrogen and oxygen atoms in total. The van der Waals surface area contributed by atoms with Crippen LogP contribution in [-0.2, 0) is 6.54 Å². The van der Waals surface area contributed by atoms with Gasteiger partial charge in [-0.2, -0.15) is 0 Å². The fourth-order valence-corrected chi connectivity index (χ4v) is 2.79. The number of carbonyl (C=O) groups excluding carboxylic acids is 1. The summed E-state index contributed by atoms with van der Waals surface area (Å²) in [5.74, 6) is -0.333. The number of carbonyl (C=O) groups is 1. The number of aromatic nitrogens is 2. The van der Waals surface area contributed by atoms with E-state index in [1.807, 2.05) is 30.3 Å². The van der Waals surface area contributed by atoms with Crippen molar-refractivity contribution in [3.05, 3.63) is 74.7 Å². The Labute approximate surface area is 141 Å². The van der Waals surface area contributed by atoms with Crippen molar-refractivity contribution in [2.45, 2.75) is 6.54 Å². The van der Waals surface area contributed by atoms with E-state index in [0.717, 1.165) is 16.5 Å². The van der Waals surface area contributed by atoms with E-state index in [0.29, 0.717) is 11.0 Å². The van der Waals surface area contributed by atoms with Crippen LogP contribution in [0.3, 0.4) is 0 Å². The third-order valence-electron chi connectivity index (χ3n) is 3.57. The van der Waals surface area contributed by atoms with Gasteiger partial charge in [0.2, 0.25) is 0 Å². The lowest BCUT2D eigenvalue weighted by Crippen LogP contribution is -2.31. The quantitative estimate of drug-likeness (QED) is 0.769. The van der Waals surface area contributed by atoms with Gasteiger partial charge in [-0.1, -0.05) is 24.3 Å². The predicted molar refractivity (Wildman–Crippen MR) is 92.3 cm³/mol. The summed E-state index contributed by atoms with van der Waals surface area (Å²) in [5.41, 5.74) is 1.50. The summed E-state index contributed by atoms with van der Waals surface area (Å²) in [6.07, 6.45) is 3.24. The number of hydrogen-bond donors (Lipinski definition) is 1. The molecule has 0 unspecified atom stereocenters. The number of benzene rings is 1. The van der Waals surface area contributed by atoms with Crippen LogP contribution in [0.1, 0.15) is 15.9 Å². The fourth-order valence-electron chi connectivity index (χ4n) is 2.44. The lowest BCUT2D eigenvalue weighted by atomic mass is 10.1. The minimum Gasteiger partial charge on any atom is -0.337 e. The lowest BCUT2D eigenvalue weighted by molar-refractivity contribution is 0.0783. The van der Waals surface area contributed by atoms with Gasteiger partial charge in [0.25, 0.3) is 11.5 Å². The van der Waals surface area contributed by atoms with E-state index in [9.17, 15) is 9.59 Å². The van der Waals surface area contributed by atoms with Gasteiger partial charge in [0.1, 0.15) is 5.56 Å². The number of pyridine rings is 2. The summed E-state index contributed by atoms with van der Waals surface area (Å²) >= 11 is 3.26. The van der Waals surface area contributed by atoms with Crippen molar-refractivity contribution in [3.63, 3.8) is 0 Å². The van der Waals surface area contributed by atoms with Gasteiger partial charge in [-0.15, -0.1) is 0 Å². The molecule has 1 amide bonds. The van der Waals surface area contributed by atoms with Crippen molar-refractivity contribution in [1.29, 1.82) is 0 Å². The Morgan fingerprint density at radius 3 is 2.91 bits per heavy atom. The molecule has 0 saturated carbocycles. The number of nitrogens with zero attached hydrogens (tertiary/aromatic N) is 2. The first-order chi connectivity index (χ1) is 11.1. The molecule has 2 heterocycles. The number of fused-ring (bicyclic) bond motifs is 1. The minimum atomic E-state index is -0.402. The smallest absolute Gasteiger partial charge is 0.260 e. The highest BCUT2D eigenvalue weighted by molar-refractivity contribution is 9.10. The van der Waals surface area contributed by atoms with Crippen LogP contribution in [0, 0.1) is 0 Å². The van der Waals surface area contributed by atoms with Crippen LogP contribution in [0.5, 0.6) is 0 Å². The van der Waals surface area contributed by atoms with E-state index >= 15 is 0 Å². The van der Waals surface area contributed by atoms with E-state index in [1.54, 1.807) is 13.2 Å². The Balaban J connectivity index is 1.91. The molecule has 3 rings (SSSR count). The zero-order valence-corrected chi connectivity index (χ0v) is 14.0. The first kappa shape index (κ1) is 15.4. The summed E-state index contributed by atoms with van der Waals surface area (Å²) in [6, 6.07) is 11.2. The van der Waals surface area contributed by atoms with Gasteiger partial charge in [0.15, 0.2) is 0 Å². The zero-order chi connectivity index (χ0) is 16.4. The molecule has 0 aliphatic heterocycles. The van der Waals surface area contributed by atoms with Crippen LogP contribution in [0.25, 0.3) is 10.9 Å². The molecule has 6 heteroatoms. The highest BCUT2D eigenvalue weighted by Crippen LogP contribution is 2.18. The Hall–Kier alpha value is -2.47. The number of nitrogens with one attached hydrogen (secondary N) is 1. The van der Waals surface area contributed by atoms with Gasteiger partial charge < -0.3 is 9.88 Å². The molecule has 3 aromatic rings. The van der Waals surface area contributed by atoms with E-state index < -0.39 is 5.56 Å². The normalized spacial score (nSPS) is 10.7. The molecule has 116 valence electrons. The number of halogens is 1. The summed E-state index contributed by atoms with van der Waals surface area (Å²) in [4.78, 5) is 32.8. The number of H-pyrrole nitrogens is 1. The molecule has 0 aliphatic rings. The number of aromatic amines is 1. The number of rotatable bonds is 3. The predicted octanol–water partition coefficient (Wildman–Crippen LogP) is 2.96. The van der Waals surface area contributed by atoms with Gasteiger partial charge >= 0.3 is 0 Å². The molecule has 0 spiro atoms. The van der Waals surface area contributed by atoms with Crippen molar-refractivity contribution in [1.82, 2.24) is 14.9 Å². The second-order valence-corrected chi connectivity index (χ2v) is 6.13. The van der Waals surface area contributed by atoms with E-state index in [4.69, 9.17) is 0 Å². The zero-order valence-electron chi connectivity index (χ0n) is 12.4. The number of amides is 1. The van der Waals surface area contributed by atoms with Crippen molar-refractivity contribution < 1.29 is 4.79 Å². The van der Waals surface area contributed by atoms with Gasteiger partial charge in [-0.05, 0) is 33.6 Å². The molecule has 0 atom stereocenters. The van der Waals surface area contributed by atoms with Crippen molar-refractivity contribution in [3.8, 4) is 0 Å². The number of hydrogen-bond acceptors (Lipinski definition) is 3. The molecule has 0 saturated heterocycles. The van der Waals surface area contributed by atoms with Crippen molar-refractivity contribution >= 4 is 32.7 Å². The average Bonchev–Trinajstić information content (AvgIpc) is 2.56. The molecular formula is C17H14BrN3O2. The van der Waals surface area contributed by atoms with Gasteiger partial charge in [-0.25, -0.2) is 0 Å². The summed E-state index contributed by atoms with van der Waals surface area (Å²) in [7, 11) is 1.67. The summed E-state index contributed by atoms with van der Waals surface area (Å²) in [6.45, 7) is 0.374. The van der Waals surface area contributed by atoms with Crippen LogP contribution < -0.4 is 5.56 Å². The Kier molecular flexibility index (Phi) is 4.25. The maximum Gasteiger partial charge on any atom is 0.260 e. The lowest BCUT2D eigenvalue weighted by Gasteiger charge is -2.18. The van der Waals surface area contributed by atoms with Crippen molar-refractivity contribution in [2.75, 3.05) is 7.05 Å². The molecule has 0 fully saturated rings. The second-order valence-electron chi connectivity index (χ2n) is 5.21. The van der Waals surface area contributed by atoms with E-state index in [2.05, 4.69) is 25.9 Å². The topological polar surface area (TPSA) is 66.1 Å². The molecule has 23 heavy (non-hydrogen) atoms. The Morgan fingerprint density at radius 2 is 2.09 bits per heavy atom. The average molecular weight is 372 g/mol. The monoisotopic (exact) mass is 371 g/mol.